The lowest BCUT2D eigenvalue weighted by Crippen LogP contribution is -2.36. The van der Waals surface area contributed by atoms with Crippen molar-refractivity contribution in [3.8, 4) is 17.2 Å². The van der Waals surface area contributed by atoms with Crippen molar-refractivity contribution in [1.29, 1.82) is 0 Å². The molecule has 0 saturated carbocycles. The molecule has 1 saturated heterocycles. The Bertz CT molecular complexity index is 416. The molecule has 106 valence electrons. The van der Waals surface area contributed by atoms with E-state index in [4.69, 9.17) is 14.2 Å². The van der Waals surface area contributed by atoms with Gasteiger partial charge in [-0.25, -0.2) is 0 Å². The summed E-state index contributed by atoms with van der Waals surface area (Å²) in [5.41, 5.74) is 0.950. The summed E-state index contributed by atoms with van der Waals surface area (Å²) in [7, 11) is 0. The van der Waals surface area contributed by atoms with Crippen LogP contribution >= 0.6 is 0 Å². The lowest BCUT2D eigenvalue weighted by atomic mass is 10.2. The molecule has 0 unspecified atom stereocenters. The van der Waals surface area contributed by atoms with Gasteiger partial charge in [0.1, 0.15) is 5.75 Å². The van der Waals surface area contributed by atoms with Crippen molar-refractivity contribution in [2.24, 2.45) is 0 Å². The molecule has 0 atom stereocenters. The molecular weight excluding hydrogens is 246 g/mol. The van der Waals surface area contributed by atoms with E-state index in [0.29, 0.717) is 37.9 Å². The normalized spacial score (nSPS) is 15.4. The van der Waals surface area contributed by atoms with Crippen LogP contribution in [0.1, 0.15) is 13.8 Å². The van der Waals surface area contributed by atoms with Crippen molar-refractivity contribution in [2.75, 3.05) is 44.4 Å². The third-order valence-electron chi connectivity index (χ3n) is 2.99. The molecule has 1 heterocycles. The Hall–Kier alpha value is -1.62. The smallest absolute Gasteiger partial charge is 0.163 e. The van der Waals surface area contributed by atoms with Gasteiger partial charge in [0.15, 0.2) is 11.5 Å². The van der Waals surface area contributed by atoms with Gasteiger partial charge in [-0.15, -0.1) is 0 Å². The van der Waals surface area contributed by atoms with E-state index in [9.17, 15) is 5.11 Å². The highest BCUT2D eigenvalue weighted by molar-refractivity contribution is 5.65. The maximum Gasteiger partial charge on any atom is 0.163 e. The van der Waals surface area contributed by atoms with E-state index < -0.39 is 0 Å². The number of ether oxygens (including phenoxy) is 3. The van der Waals surface area contributed by atoms with E-state index in [2.05, 4.69) is 4.90 Å². The van der Waals surface area contributed by atoms with Gasteiger partial charge in [-0.2, -0.15) is 0 Å². The Morgan fingerprint density at radius 1 is 1.11 bits per heavy atom. The molecule has 1 aromatic rings. The quantitative estimate of drug-likeness (QED) is 0.884. The van der Waals surface area contributed by atoms with E-state index >= 15 is 0 Å². The second-order valence-corrected chi connectivity index (χ2v) is 4.25. The van der Waals surface area contributed by atoms with Gasteiger partial charge in [0.05, 0.1) is 32.1 Å². The van der Waals surface area contributed by atoms with Gasteiger partial charge in [0.25, 0.3) is 0 Å². The van der Waals surface area contributed by atoms with Crippen LogP contribution in [0.4, 0.5) is 5.69 Å². The maximum absolute atomic E-state index is 9.92. The molecule has 1 aliphatic rings. The first-order valence-corrected chi connectivity index (χ1v) is 6.71. The fraction of sp³-hybridized carbons (Fsp3) is 0.571. The van der Waals surface area contributed by atoms with Crippen molar-refractivity contribution in [2.45, 2.75) is 13.8 Å². The summed E-state index contributed by atoms with van der Waals surface area (Å²) in [6.07, 6.45) is 0. The molecule has 1 aliphatic heterocycles. The first-order chi connectivity index (χ1) is 9.26. The summed E-state index contributed by atoms with van der Waals surface area (Å²) in [6, 6.07) is 3.47. The SMILES string of the molecule is CCOc1cc(N2CCOCC2)c(OCC)cc1O. The standard InChI is InChI=1S/C14H21NO4/c1-3-18-13-10-12(16)14(19-4-2)9-11(13)15-5-7-17-8-6-15/h9-10,16H,3-8H2,1-2H3. The van der Waals surface area contributed by atoms with Gasteiger partial charge in [-0.05, 0) is 13.8 Å². The van der Waals surface area contributed by atoms with Gasteiger partial charge >= 0.3 is 0 Å². The zero-order chi connectivity index (χ0) is 13.7. The first kappa shape index (κ1) is 13.8. The van der Waals surface area contributed by atoms with Crippen molar-refractivity contribution >= 4 is 5.69 Å². The Morgan fingerprint density at radius 3 is 2.37 bits per heavy atom. The Balaban J connectivity index is 2.33. The van der Waals surface area contributed by atoms with Crippen molar-refractivity contribution in [3.05, 3.63) is 12.1 Å². The van der Waals surface area contributed by atoms with E-state index in [1.807, 2.05) is 19.9 Å². The van der Waals surface area contributed by atoms with Crippen molar-refractivity contribution in [1.82, 2.24) is 0 Å². The van der Waals surface area contributed by atoms with Gasteiger partial charge < -0.3 is 24.2 Å². The second-order valence-electron chi connectivity index (χ2n) is 4.25. The summed E-state index contributed by atoms with van der Waals surface area (Å²) in [6.45, 7) is 7.94. The van der Waals surface area contributed by atoms with Crippen LogP contribution in [0, 0.1) is 0 Å². The minimum atomic E-state index is 0.113. The molecule has 5 nitrogen and oxygen atoms in total. The lowest BCUT2D eigenvalue weighted by molar-refractivity contribution is 0.122. The number of morpholine rings is 1. The van der Waals surface area contributed by atoms with Crippen LogP contribution in [0.15, 0.2) is 12.1 Å². The van der Waals surface area contributed by atoms with E-state index in [0.717, 1.165) is 18.8 Å². The monoisotopic (exact) mass is 267 g/mol. The van der Waals surface area contributed by atoms with Gasteiger partial charge in [0, 0.05) is 25.2 Å². The number of benzene rings is 1. The highest BCUT2D eigenvalue weighted by Gasteiger charge is 2.19. The van der Waals surface area contributed by atoms with E-state index in [1.54, 1.807) is 6.07 Å². The fourth-order valence-electron chi connectivity index (χ4n) is 2.13. The summed E-state index contributed by atoms with van der Waals surface area (Å²) >= 11 is 0. The fourth-order valence-corrected chi connectivity index (χ4v) is 2.13. The number of rotatable bonds is 5. The molecule has 0 aliphatic carbocycles. The lowest BCUT2D eigenvalue weighted by Gasteiger charge is -2.30. The number of nitrogens with zero attached hydrogens (tertiary/aromatic N) is 1. The molecule has 0 bridgehead atoms. The van der Waals surface area contributed by atoms with Crippen LogP contribution < -0.4 is 14.4 Å². The summed E-state index contributed by atoms with van der Waals surface area (Å²) < 4.78 is 16.4. The van der Waals surface area contributed by atoms with Crippen LogP contribution in [0.25, 0.3) is 0 Å². The molecule has 5 heteroatoms. The van der Waals surface area contributed by atoms with Gasteiger partial charge in [-0.1, -0.05) is 0 Å². The second kappa shape index (κ2) is 6.52. The van der Waals surface area contributed by atoms with Crippen LogP contribution in [0.5, 0.6) is 17.2 Å². The molecule has 0 spiro atoms. The average Bonchev–Trinajstić information content (AvgIpc) is 2.43. The van der Waals surface area contributed by atoms with Gasteiger partial charge in [-0.3, -0.25) is 0 Å². The molecule has 2 rings (SSSR count). The van der Waals surface area contributed by atoms with E-state index in [-0.39, 0.29) is 5.75 Å². The third kappa shape index (κ3) is 3.23. The van der Waals surface area contributed by atoms with Crippen LogP contribution in [0.2, 0.25) is 0 Å². The summed E-state index contributed by atoms with van der Waals surface area (Å²) in [4.78, 5) is 2.19. The molecule has 0 amide bonds. The highest BCUT2D eigenvalue weighted by Crippen LogP contribution is 2.39. The Morgan fingerprint density at radius 2 is 1.74 bits per heavy atom. The number of hydrogen-bond donors (Lipinski definition) is 1. The molecule has 1 fully saturated rings. The van der Waals surface area contributed by atoms with Gasteiger partial charge in [0.2, 0.25) is 0 Å². The first-order valence-electron chi connectivity index (χ1n) is 6.71. The van der Waals surface area contributed by atoms with E-state index in [1.165, 1.54) is 0 Å². The predicted molar refractivity (Wildman–Crippen MR) is 73.5 cm³/mol. The number of aromatic hydroxyl groups is 1. The largest absolute Gasteiger partial charge is 0.504 e. The third-order valence-corrected chi connectivity index (χ3v) is 2.99. The van der Waals surface area contributed by atoms with Crippen LogP contribution in [-0.2, 0) is 4.74 Å². The molecule has 0 radical (unpaired) electrons. The maximum atomic E-state index is 9.92. The van der Waals surface area contributed by atoms with Crippen molar-refractivity contribution in [3.63, 3.8) is 0 Å². The minimum Gasteiger partial charge on any atom is -0.504 e. The summed E-state index contributed by atoms with van der Waals surface area (Å²) in [5, 5.41) is 9.92. The number of phenols is 1. The molecule has 0 aromatic heterocycles. The molecule has 1 N–H and O–H groups in total. The molecule has 19 heavy (non-hydrogen) atoms. The molecular formula is C14H21NO4. The highest BCUT2D eigenvalue weighted by atomic mass is 16.5. The zero-order valence-corrected chi connectivity index (χ0v) is 11.5. The average molecular weight is 267 g/mol. The minimum absolute atomic E-state index is 0.113. The number of phenolic OH excluding ortho intramolecular Hbond substituents is 1. The van der Waals surface area contributed by atoms with Crippen molar-refractivity contribution < 1.29 is 19.3 Å². The zero-order valence-electron chi connectivity index (χ0n) is 11.5. The summed E-state index contributed by atoms with van der Waals surface area (Å²) in [5.74, 6) is 1.29. The number of hydrogen-bond acceptors (Lipinski definition) is 5. The topological polar surface area (TPSA) is 51.2 Å². The van der Waals surface area contributed by atoms with Crippen LogP contribution in [-0.4, -0.2) is 44.6 Å². The Labute approximate surface area is 113 Å². The predicted octanol–water partition coefficient (Wildman–Crippen LogP) is 2.03. The molecule has 1 aromatic carbocycles. The Kier molecular flexibility index (Phi) is 4.74. The number of anilines is 1. The van der Waals surface area contributed by atoms with Crippen LogP contribution in [0.3, 0.4) is 0 Å².